The lowest BCUT2D eigenvalue weighted by Gasteiger charge is -2.34. The molecule has 0 atom stereocenters. The number of hydrogen-bond acceptors (Lipinski definition) is 8. The number of anilines is 1. The minimum atomic E-state index is -3.64. The summed E-state index contributed by atoms with van der Waals surface area (Å²) in [5.74, 6) is -0.434. The molecule has 3 aromatic rings. The van der Waals surface area contributed by atoms with Crippen LogP contribution < -0.4 is 15.0 Å². The lowest BCUT2D eigenvalue weighted by Crippen LogP contribution is -2.48. The number of halogens is 1. The van der Waals surface area contributed by atoms with Gasteiger partial charge in [0.2, 0.25) is 5.91 Å². The van der Waals surface area contributed by atoms with E-state index >= 15 is 0 Å². The van der Waals surface area contributed by atoms with Crippen LogP contribution in [0.2, 0.25) is 5.02 Å². The average Bonchev–Trinajstić information content (AvgIpc) is 3.24. The standard InChI is InChI=1S/C23H27ClN4O4S2/c1-16-3-5-17(6-4-16)34(30,31)15-20(29)25-9-10-27-11-13-28(14-12-27)23-26-21-19(33-23)8-7-18(24)22(21)32-2/h3-8H,9-15H2,1-2H3,(H,25,29). The van der Waals surface area contributed by atoms with Crippen molar-refractivity contribution in [3.63, 3.8) is 0 Å². The number of thiazole rings is 1. The lowest BCUT2D eigenvalue weighted by atomic mass is 10.2. The lowest BCUT2D eigenvalue weighted by molar-refractivity contribution is -0.118. The summed E-state index contributed by atoms with van der Waals surface area (Å²) in [6, 6.07) is 10.3. The SMILES string of the molecule is COc1c(Cl)ccc2sc(N3CCN(CCNC(=O)CS(=O)(=O)c4ccc(C)cc4)CC3)nc12. The Hall–Kier alpha value is -2.40. The molecule has 0 spiro atoms. The van der Waals surface area contributed by atoms with E-state index in [1.54, 1.807) is 30.6 Å². The van der Waals surface area contributed by atoms with Crippen LogP contribution in [-0.4, -0.2) is 76.3 Å². The van der Waals surface area contributed by atoms with Gasteiger partial charge in [0.05, 0.1) is 21.7 Å². The Bertz CT molecular complexity index is 1270. The molecule has 2 aromatic carbocycles. The normalized spacial score (nSPS) is 15.0. The Morgan fingerprint density at radius 3 is 2.53 bits per heavy atom. The first-order valence-corrected chi connectivity index (χ1v) is 13.8. The average molecular weight is 523 g/mol. The summed E-state index contributed by atoms with van der Waals surface area (Å²) in [7, 11) is -2.05. The number of hydrogen-bond donors (Lipinski definition) is 1. The number of aromatic nitrogens is 1. The van der Waals surface area contributed by atoms with E-state index in [1.165, 1.54) is 12.1 Å². The molecule has 0 bridgehead atoms. The van der Waals surface area contributed by atoms with Crippen molar-refractivity contribution in [2.45, 2.75) is 11.8 Å². The molecule has 4 rings (SSSR count). The number of aryl methyl sites for hydroxylation is 1. The molecule has 1 N–H and O–H groups in total. The third kappa shape index (κ3) is 5.63. The highest BCUT2D eigenvalue weighted by Crippen LogP contribution is 2.38. The smallest absolute Gasteiger partial charge is 0.235 e. The van der Waals surface area contributed by atoms with Crippen LogP contribution in [0, 0.1) is 6.92 Å². The van der Waals surface area contributed by atoms with Gasteiger partial charge in [0, 0.05) is 39.3 Å². The fourth-order valence-corrected chi connectivity index (χ4v) is 6.24. The van der Waals surface area contributed by atoms with Crippen molar-refractivity contribution in [1.29, 1.82) is 0 Å². The number of sulfone groups is 1. The maximum absolute atomic E-state index is 12.4. The molecular formula is C23H27ClN4O4S2. The van der Waals surface area contributed by atoms with Gasteiger partial charge in [0.25, 0.3) is 0 Å². The first kappa shape index (κ1) is 24.7. The third-order valence-corrected chi connectivity index (χ3v) is 8.77. The molecule has 1 aliphatic rings. The van der Waals surface area contributed by atoms with Crippen LogP contribution in [0.3, 0.4) is 0 Å². The van der Waals surface area contributed by atoms with Crippen LogP contribution in [0.4, 0.5) is 5.13 Å². The van der Waals surface area contributed by atoms with E-state index < -0.39 is 21.5 Å². The monoisotopic (exact) mass is 522 g/mol. The van der Waals surface area contributed by atoms with E-state index in [2.05, 4.69) is 15.1 Å². The number of fused-ring (bicyclic) bond motifs is 1. The van der Waals surface area contributed by atoms with Crippen molar-refractivity contribution in [2.24, 2.45) is 0 Å². The van der Waals surface area contributed by atoms with Crippen LogP contribution in [0.1, 0.15) is 5.56 Å². The van der Waals surface area contributed by atoms with Crippen LogP contribution in [0.25, 0.3) is 10.2 Å². The summed E-state index contributed by atoms with van der Waals surface area (Å²) in [4.78, 5) is 21.6. The second kappa shape index (κ2) is 10.5. The number of carbonyl (C=O) groups is 1. The van der Waals surface area contributed by atoms with Crippen LogP contribution in [-0.2, 0) is 14.6 Å². The van der Waals surface area contributed by atoms with Crippen molar-refractivity contribution in [3.05, 3.63) is 47.0 Å². The highest BCUT2D eigenvalue weighted by atomic mass is 35.5. The van der Waals surface area contributed by atoms with Crippen molar-refractivity contribution in [2.75, 3.05) is 57.0 Å². The first-order chi connectivity index (χ1) is 16.3. The number of nitrogens with one attached hydrogen (secondary N) is 1. The molecular weight excluding hydrogens is 496 g/mol. The van der Waals surface area contributed by atoms with Gasteiger partial charge in [-0.05, 0) is 31.2 Å². The van der Waals surface area contributed by atoms with E-state index in [-0.39, 0.29) is 4.90 Å². The molecule has 182 valence electrons. The molecule has 0 saturated carbocycles. The first-order valence-electron chi connectivity index (χ1n) is 10.9. The molecule has 0 radical (unpaired) electrons. The summed E-state index contributed by atoms with van der Waals surface area (Å²) in [5.41, 5.74) is 1.75. The fraction of sp³-hybridized carbons (Fsp3) is 0.391. The summed E-state index contributed by atoms with van der Waals surface area (Å²) < 4.78 is 31.3. The van der Waals surface area contributed by atoms with Crippen molar-refractivity contribution in [3.8, 4) is 5.75 Å². The number of nitrogens with zero attached hydrogens (tertiary/aromatic N) is 3. The number of methoxy groups -OCH3 is 1. The maximum Gasteiger partial charge on any atom is 0.235 e. The van der Waals surface area contributed by atoms with Gasteiger partial charge in [-0.25, -0.2) is 13.4 Å². The minimum Gasteiger partial charge on any atom is -0.493 e. The summed E-state index contributed by atoms with van der Waals surface area (Å²) in [6.07, 6.45) is 0. The van der Waals surface area contributed by atoms with Crippen LogP contribution >= 0.6 is 22.9 Å². The minimum absolute atomic E-state index is 0.166. The molecule has 1 fully saturated rings. The number of piperazine rings is 1. The quantitative estimate of drug-likeness (QED) is 0.486. The van der Waals surface area contributed by atoms with Gasteiger partial charge in [-0.1, -0.05) is 40.6 Å². The number of rotatable bonds is 8. The predicted octanol–water partition coefficient (Wildman–Crippen LogP) is 2.98. The van der Waals surface area contributed by atoms with Gasteiger partial charge < -0.3 is 15.0 Å². The second-order valence-electron chi connectivity index (χ2n) is 8.17. The zero-order chi connectivity index (χ0) is 24.3. The Morgan fingerprint density at radius 1 is 1.15 bits per heavy atom. The Labute approximate surface area is 208 Å². The fourth-order valence-electron chi connectivity index (χ4n) is 3.83. The largest absolute Gasteiger partial charge is 0.493 e. The van der Waals surface area contributed by atoms with E-state index in [4.69, 9.17) is 21.3 Å². The summed E-state index contributed by atoms with van der Waals surface area (Å²) in [6.45, 7) is 6.22. The molecule has 1 saturated heterocycles. The molecule has 8 nitrogen and oxygen atoms in total. The summed E-state index contributed by atoms with van der Waals surface area (Å²) in [5, 5.41) is 4.22. The maximum atomic E-state index is 12.4. The topological polar surface area (TPSA) is 91.8 Å². The molecule has 1 aliphatic heterocycles. The van der Waals surface area contributed by atoms with Gasteiger partial charge >= 0.3 is 0 Å². The van der Waals surface area contributed by atoms with Crippen molar-refractivity contribution in [1.82, 2.24) is 15.2 Å². The van der Waals surface area contributed by atoms with E-state index in [0.717, 1.165) is 47.1 Å². The number of benzene rings is 2. The highest BCUT2D eigenvalue weighted by molar-refractivity contribution is 7.92. The number of amides is 1. The van der Waals surface area contributed by atoms with E-state index in [1.807, 2.05) is 19.1 Å². The molecule has 11 heteroatoms. The molecule has 2 heterocycles. The zero-order valence-corrected chi connectivity index (χ0v) is 21.5. The van der Waals surface area contributed by atoms with Gasteiger partial charge in [-0.2, -0.15) is 0 Å². The Kier molecular flexibility index (Phi) is 7.61. The second-order valence-corrected chi connectivity index (χ2v) is 11.6. The third-order valence-electron chi connectivity index (χ3n) is 5.75. The molecule has 1 amide bonds. The summed E-state index contributed by atoms with van der Waals surface area (Å²) >= 11 is 7.83. The molecule has 0 unspecified atom stereocenters. The van der Waals surface area contributed by atoms with E-state index in [9.17, 15) is 13.2 Å². The van der Waals surface area contributed by atoms with Crippen LogP contribution in [0.5, 0.6) is 5.75 Å². The molecule has 1 aromatic heterocycles. The zero-order valence-electron chi connectivity index (χ0n) is 19.1. The van der Waals surface area contributed by atoms with Gasteiger partial charge in [-0.15, -0.1) is 0 Å². The Balaban J connectivity index is 1.24. The molecule has 0 aliphatic carbocycles. The molecule has 34 heavy (non-hydrogen) atoms. The van der Waals surface area contributed by atoms with Gasteiger partial charge in [-0.3, -0.25) is 9.69 Å². The van der Waals surface area contributed by atoms with Crippen molar-refractivity contribution < 1.29 is 17.9 Å². The van der Waals surface area contributed by atoms with Crippen LogP contribution in [0.15, 0.2) is 41.3 Å². The Morgan fingerprint density at radius 2 is 1.85 bits per heavy atom. The number of carbonyl (C=O) groups excluding carboxylic acids is 1. The number of ether oxygens (including phenoxy) is 1. The highest BCUT2D eigenvalue weighted by Gasteiger charge is 2.22. The van der Waals surface area contributed by atoms with E-state index in [0.29, 0.717) is 23.9 Å². The van der Waals surface area contributed by atoms with Gasteiger partial charge in [0.1, 0.15) is 11.3 Å². The van der Waals surface area contributed by atoms with Gasteiger partial charge in [0.15, 0.2) is 20.7 Å². The predicted molar refractivity (Wildman–Crippen MR) is 136 cm³/mol. The van der Waals surface area contributed by atoms with Crippen molar-refractivity contribution >= 4 is 54.0 Å².